The van der Waals surface area contributed by atoms with Crippen molar-refractivity contribution in [3.05, 3.63) is 46.5 Å². The Labute approximate surface area is 163 Å². The van der Waals surface area contributed by atoms with Crippen molar-refractivity contribution in [3.63, 3.8) is 0 Å². The first kappa shape index (κ1) is 16.6. The minimum atomic E-state index is -0.360. The third kappa shape index (κ3) is 1.97. The number of fused-ring (bicyclic) bond motifs is 8. The molecule has 3 fully saturated rings. The minimum Gasteiger partial charge on any atom is -0.379 e. The highest BCUT2D eigenvalue weighted by Gasteiger charge is 2.72. The van der Waals surface area contributed by atoms with Gasteiger partial charge in [-0.2, -0.15) is 5.11 Å². The SMILES string of the molecule is O=[N+]([O-])c1ccc(N2N=N[C@@H]3[C@H]4C[C@@H]([C@@H]5C=CC[C@H]54)[C@@]32N2CCOCC2)cc1. The molecule has 0 amide bonds. The number of hydrogen-bond donors (Lipinski definition) is 0. The normalized spacial score (nSPS) is 40.9. The van der Waals surface area contributed by atoms with E-state index in [4.69, 9.17) is 9.85 Å². The molecular formula is C20H23N5O3. The zero-order valence-electron chi connectivity index (χ0n) is 15.6. The van der Waals surface area contributed by atoms with E-state index in [1.54, 1.807) is 12.1 Å². The van der Waals surface area contributed by atoms with Crippen LogP contribution in [0, 0.1) is 33.8 Å². The molecule has 8 heteroatoms. The zero-order valence-corrected chi connectivity index (χ0v) is 15.6. The number of hydrogen-bond acceptors (Lipinski definition) is 7. The van der Waals surface area contributed by atoms with E-state index in [1.807, 2.05) is 12.1 Å². The molecule has 2 heterocycles. The molecule has 5 aliphatic rings. The van der Waals surface area contributed by atoms with Gasteiger partial charge in [0.15, 0.2) is 0 Å². The summed E-state index contributed by atoms with van der Waals surface area (Å²) in [5, 5.41) is 22.6. The summed E-state index contributed by atoms with van der Waals surface area (Å²) in [6.45, 7) is 3.19. The summed E-state index contributed by atoms with van der Waals surface area (Å²) in [4.78, 5) is 13.3. The molecule has 146 valence electrons. The van der Waals surface area contributed by atoms with Crippen LogP contribution in [-0.4, -0.2) is 47.8 Å². The monoisotopic (exact) mass is 381 g/mol. The van der Waals surface area contributed by atoms with E-state index < -0.39 is 0 Å². The number of morpholine rings is 1. The maximum absolute atomic E-state index is 11.1. The molecule has 6 atom stereocenters. The van der Waals surface area contributed by atoms with Gasteiger partial charge < -0.3 is 4.74 Å². The van der Waals surface area contributed by atoms with Crippen molar-refractivity contribution in [1.82, 2.24) is 4.90 Å². The van der Waals surface area contributed by atoms with Crippen molar-refractivity contribution < 1.29 is 9.66 Å². The summed E-state index contributed by atoms with van der Waals surface area (Å²) in [6.07, 6.45) is 7.11. The lowest BCUT2D eigenvalue weighted by molar-refractivity contribution is -0.384. The smallest absolute Gasteiger partial charge is 0.269 e. The Bertz CT molecular complexity index is 865. The molecule has 2 saturated carbocycles. The van der Waals surface area contributed by atoms with Gasteiger partial charge in [0.1, 0.15) is 11.7 Å². The lowest BCUT2D eigenvalue weighted by atomic mass is 9.71. The molecule has 0 N–H and O–H groups in total. The first-order valence-electron chi connectivity index (χ1n) is 10.2. The lowest BCUT2D eigenvalue weighted by Crippen LogP contribution is -2.69. The molecule has 8 nitrogen and oxygen atoms in total. The van der Waals surface area contributed by atoms with Gasteiger partial charge in [0.2, 0.25) is 0 Å². The quantitative estimate of drug-likeness (QED) is 0.457. The van der Waals surface area contributed by atoms with Crippen LogP contribution in [0.2, 0.25) is 0 Å². The van der Waals surface area contributed by atoms with Gasteiger partial charge in [0, 0.05) is 31.1 Å². The van der Waals surface area contributed by atoms with Crippen molar-refractivity contribution in [3.8, 4) is 0 Å². The molecule has 2 bridgehead atoms. The standard InChI is InChI=1S/C20H23N5O3/c26-25(27)14-6-4-13(5-7-14)24-20(23-8-10-28-11-9-23)18-12-17(19(20)21-22-24)15-2-1-3-16(15)18/h1,3-7,15-19H,2,8-12H2/t15-,16-,17+,18+,19-,20+/m1/s1. The second kappa shape index (κ2) is 5.84. The summed E-state index contributed by atoms with van der Waals surface area (Å²) < 4.78 is 5.64. The van der Waals surface area contributed by atoms with Crippen LogP contribution in [0.3, 0.4) is 0 Å². The molecule has 1 saturated heterocycles. The van der Waals surface area contributed by atoms with Crippen molar-refractivity contribution in [2.24, 2.45) is 34.0 Å². The van der Waals surface area contributed by atoms with Gasteiger partial charge in [0.25, 0.3) is 5.69 Å². The molecule has 28 heavy (non-hydrogen) atoms. The Hall–Kier alpha value is -2.32. The lowest BCUT2D eigenvalue weighted by Gasteiger charge is -2.53. The summed E-state index contributed by atoms with van der Waals surface area (Å²) in [7, 11) is 0. The molecule has 0 unspecified atom stereocenters. The highest BCUT2D eigenvalue weighted by Crippen LogP contribution is 2.66. The molecule has 0 aromatic heterocycles. The Morgan fingerprint density at radius 3 is 2.71 bits per heavy atom. The van der Waals surface area contributed by atoms with E-state index in [0.29, 0.717) is 23.7 Å². The highest BCUT2D eigenvalue weighted by molar-refractivity contribution is 5.55. The number of rotatable bonds is 3. The third-order valence-electron chi connectivity index (χ3n) is 7.62. The van der Waals surface area contributed by atoms with E-state index in [9.17, 15) is 10.1 Å². The number of ether oxygens (including phenoxy) is 1. The minimum absolute atomic E-state index is 0.101. The number of benzene rings is 1. The van der Waals surface area contributed by atoms with Gasteiger partial charge in [-0.25, -0.2) is 5.01 Å². The number of allylic oxidation sites excluding steroid dienone is 2. The Kier molecular flexibility index (Phi) is 3.47. The van der Waals surface area contributed by atoms with Crippen LogP contribution >= 0.6 is 0 Å². The number of anilines is 1. The van der Waals surface area contributed by atoms with Crippen molar-refractivity contribution in [2.75, 3.05) is 31.3 Å². The van der Waals surface area contributed by atoms with Crippen LogP contribution in [0.4, 0.5) is 11.4 Å². The van der Waals surface area contributed by atoms with Gasteiger partial charge in [-0.05, 0) is 42.7 Å². The maximum Gasteiger partial charge on any atom is 0.269 e. The third-order valence-corrected chi connectivity index (χ3v) is 7.62. The van der Waals surface area contributed by atoms with Crippen LogP contribution in [0.15, 0.2) is 46.8 Å². The molecule has 3 aliphatic carbocycles. The number of nitro groups is 1. The van der Waals surface area contributed by atoms with Gasteiger partial charge in [-0.15, -0.1) is 0 Å². The van der Waals surface area contributed by atoms with E-state index >= 15 is 0 Å². The van der Waals surface area contributed by atoms with E-state index in [2.05, 4.69) is 27.3 Å². The maximum atomic E-state index is 11.1. The molecule has 1 aromatic rings. The van der Waals surface area contributed by atoms with Gasteiger partial charge in [-0.1, -0.05) is 17.4 Å². The Morgan fingerprint density at radius 1 is 1.18 bits per heavy atom. The fourth-order valence-corrected chi connectivity index (χ4v) is 6.65. The highest BCUT2D eigenvalue weighted by atomic mass is 16.6. The van der Waals surface area contributed by atoms with Crippen molar-refractivity contribution in [2.45, 2.75) is 24.5 Å². The second-order valence-electron chi connectivity index (χ2n) is 8.53. The van der Waals surface area contributed by atoms with E-state index in [1.165, 1.54) is 6.42 Å². The molecule has 1 aromatic carbocycles. The number of nitro benzene ring substituents is 1. The van der Waals surface area contributed by atoms with Gasteiger partial charge in [0.05, 0.1) is 23.8 Å². The average molecular weight is 381 g/mol. The fraction of sp³-hybridized carbons (Fsp3) is 0.600. The zero-order chi connectivity index (χ0) is 18.9. The first-order chi connectivity index (χ1) is 13.7. The molecule has 0 radical (unpaired) electrons. The summed E-state index contributed by atoms with van der Waals surface area (Å²) in [5.41, 5.74) is 0.707. The van der Waals surface area contributed by atoms with Crippen molar-refractivity contribution in [1.29, 1.82) is 0 Å². The van der Waals surface area contributed by atoms with Crippen LogP contribution in [-0.2, 0) is 4.74 Å². The topological polar surface area (TPSA) is 83.6 Å². The largest absolute Gasteiger partial charge is 0.379 e. The van der Waals surface area contributed by atoms with Crippen LogP contribution in [0.25, 0.3) is 0 Å². The molecule has 6 rings (SSSR count). The summed E-state index contributed by atoms with van der Waals surface area (Å²) in [6, 6.07) is 6.92. The van der Waals surface area contributed by atoms with Crippen LogP contribution < -0.4 is 5.01 Å². The van der Waals surface area contributed by atoms with Crippen LogP contribution in [0.5, 0.6) is 0 Å². The van der Waals surface area contributed by atoms with E-state index in [0.717, 1.165) is 38.4 Å². The van der Waals surface area contributed by atoms with Gasteiger partial charge in [-0.3, -0.25) is 15.0 Å². The summed E-state index contributed by atoms with van der Waals surface area (Å²) in [5.74, 6) is 2.29. The van der Waals surface area contributed by atoms with E-state index in [-0.39, 0.29) is 22.3 Å². The number of nitrogens with zero attached hydrogens (tertiary/aromatic N) is 5. The van der Waals surface area contributed by atoms with Crippen LogP contribution in [0.1, 0.15) is 12.8 Å². The molecule has 0 spiro atoms. The molecule has 2 aliphatic heterocycles. The fourth-order valence-electron chi connectivity index (χ4n) is 6.65. The Balaban J connectivity index is 1.45. The summed E-state index contributed by atoms with van der Waals surface area (Å²) >= 11 is 0. The molecular weight excluding hydrogens is 358 g/mol. The second-order valence-corrected chi connectivity index (χ2v) is 8.53. The average Bonchev–Trinajstić information content (AvgIpc) is 3.46. The number of non-ortho nitro benzene ring substituents is 1. The Morgan fingerprint density at radius 2 is 1.96 bits per heavy atom. The van der Waals surface area contributed by atoms with Crippen molar-refractivity contribution >= 4 is 11.4 Å². The predicted molar refractivity (Wildman–Crippen MR) is 102 cm³/mol. The first-order valence-corrected chi connectivity index (χ1v) is 10.2. The van der Waals surface area contributed by atoms with Gasteiger partial charge >= 0.3 is 0 Å². The predicted octanol–water partition coefficient (Wildman–Crippen LogP) is 3.02.